The standard InChI is InChI=1S/C14H23NO3/c1-8-7-11(16)15(9(2)12(8)13(17)18)14(3,4)10-5-6-10/h8-10,12H,5-7H2,1-4H3,(H,17,18). The van der Waals surface area contributed by atoms with Crippen LogP contribution in [0.5, 0.6) is 0 Å². The second-order valence-corrected chi connectivity index (χ2v) is 6.48. The summed E-state index contributed by atoms with van der Waals surface area (Å²) in [5.41, 5.74) is -0.204. The van der Waals surface area contributed by atoms with Crippen molar-refractivity contribution in [3.05, 3.63) is 0 Å². The summed E-state index contributed by atoms with van der Waals surface area (Å²) in [4.78, 5) is 25.5. The van der Waals surface area contributed by atoms with E-state index in [0.29, 0.717) is 12.3 Å². The van der Waals surface area contributed by atoms with E-state index in [0.717, 1.165) is 12.8 Å². The molecule has 1 aliphatic carbocycles. The summed E-state index contributed by atoms with van der Waals surface area (Å²) in [6.07, 6.45) is 2.66. The van der Waals surface area contributed by atoms with Crippen molar-refractivity contribution in [2.24, 2.45) is 17.8 Å². The van der Waals surface area contributed by atoms with E-state index in [9.17, 15) is 14.7 Å². The van der Waals surface area contributed by atoms with Gasteiger partial charge in [-0.3, -0.25) is 9.59 Å². The lowest BCUT2D eigenvalue weighted by Gasteiger charge is -2.49. The summed E-state index contributed by atoms with van der Waals surface area (Å²) in [6.45, 7) is 7.91. The predicted molar refractivity (Wildman–Crippen MR) is 68.0 cm³/mol. The quantitative estimate of drug-likeness (QED) is 0.838. The topological polar surface area (TPSA) is 57.6 Å². The number of amides is 1. The molecule has 0 radical (unpaired) electrons. The third-order valence-electron chi connectivity index (χ3n) is 4.79. The Morgan fingerprint density at radius 3 is 2.33 bits per heavy atom. The van der Waals surface area contributed by atoms with Gasteiger partial charge in [0, 0.05) is 18.0 Å². The SMILES string of the molecule is CC1CC(=O)N(C(C)(C)C2CC2)C(C)C1C(=O)O. The van der Waals surface area contributed by atoms with Gasteiger partial charge in [-0.25, -0.2) is 0 Å². The van der Waals surface area contributed by atoms with Gasteiger partial charge in [0.2, 0.25) is 5.91 Å². The van der Waals surface area contributed by atoms with Gasteiger partial charge in [0.05, 0.1) is 5.92 Å². The Hall–Kier alpha value is -1.06. The minimum atomic E-state index is -0.779. The zero-order valence-electron chi connectivity index (χ0n) is 11.6. The molecule has 1 amide bonds. The van der Waals surface area contributed by atoms with Crippen LogP contribution in [0.3, 0.4) is 0 Å². The van der Waals surface area contributed by atoms with Crippen LogP contribution in [0.25, 0.3) is 0 Å². The van der Waals surface area contributed by atoms with Crippen molar-refractivity contribution >= 4 is 11.9 Å². The summed E-state index contributed by atoms with van der Waals surface area (Å²) >= 11 is 0. The first-order chi connectivity index (χ1) is 8.26. The summed E-state index contributed by atoms with van der Waals surface area (Å²) in [7, 11) is 0. The minimum Gasteiger partial charge on any atom is -0.481 e. The number of carboxylic acid groups (broad SMARTS) is 1. The summed E-state index contributed by atoms with van der Waals surface area (Å²) in [6, 6.07) is -0.214. The van der Waals surface area contributed by atoms with Crippen LogP contribution in [-0.4, -0.2) is 33.5 Å². The molecule has 1 heterocycles. The number of nitrogens with zero attached hydrogens (tertiary/aromatic N) is 1. The first kappa shape index (κ1) is 13.4. The van der Waals surface area contributed by atoms with E-state index >= 15 is 0 Å². The van der Waals surface area contributed by atoms with Crippen molar-refractivity contribution in [1.82, 2.24) is 4.90 Å². The molecule has 0 aromatic rings. The van der Waals surface area contributed by atoms with Crippen molar-refractivity contribution in [2.45, 2.75) is 58.5 Å². The largest absolute Gasteiger partial charge is 0.481 e. The third-order valence-corrected chi connectivity index (χ3v) is 4.79. The van der Waals surface area contributed by atoms with Crippen molar-refractivity contribution in [3.63, 3.8) is 0 Å². The van der Waals surface area contributed by atoms with Crippen molar-refractivity contribution < 1.29 is 14.7 Å². The molecule has 0 aromatic heterocycles. The maximum Gasteiger partial charge on any atom is 0.308 e. The maximum atomic E-state index is 12.3. The molecule has 4 nitrogen and oxygen atoms in total. The molecular formula is C14H23NO3. The second-order valence-electron chi connectivity index (χ2n) is 6.48. The van der Waals surface area contributed by atoms with Gasteiger partial charge >= 0.3 is 5.97 Å². The van der Waals surface area contributed by atoms with Gasteiger partial charge in [-0.1, -0.05) is 6.92 Å². The lowest BCUT2D eigenvalue weighted by Crippen LogP contribution is -2.61. The molecule has 1 N–H and O–H groups in total. The lowest BCUT2D eigenvalue weighted by atomic mass is 9.78. The molecule has 0 bridgehead atoms. The number of hydrogen-bond donors (Lipinski definition) is 1. The third kappa shape index (κ3) is 2.02. The fourth-order valence-corrected chi connectivity index (χ4v) is 3.65. The van der Waals surface area contributed by atoms with Gasteiger partial charge in [0.1, 0.15) is 0 Å². The number of carbonyl (C=O) groups excluding carboxylic acids is 1. The number of likely N-dealkylation sites (tertiary alicyclic amines) is 1. The fraction of sp³-hybridized carbons (Fsp3) is 0.857. The van der Waals surface area contributed by atoms with E-state index in [1.807, 2.05) is 18.7 Å². The highest BCUT2D eigenvalue weighted by atomic mass is 16.4. The Morgan fingerprint density at radius 1 is 1.33 bits per heavy atom. The highest BCUT2D eigenvalue weighted by Gasteiger charge is 2.51. The molecule has 3 atom stereocenters. The van der Waals surface area contributed by atoms with Crippen LogP contribution in [0.1, 0.15) is 47.0 Å². The molecule has 2 fully saturated rings. The number of aliphatic carboxylic acids is 1. The fourth-order valence-electron chi connectivity index (χ4n) is 3.65. The highest BCUT2D eigenvalue weighted by Crippen LogP contribution is 2.46. The van der Waals surface area contributed by atoms with Crippen LogP contribution in [-0.2, 0) is 9.59 Å². The molecule has 18 heavy (non-hydrogen) atoms. The molecule has 0 aromatic carbocycles. The van der Waals surface area contributed by atoms with E-state index < -0.39 is 11.9 Å². The van der Waals surface area contributed by atoms with Gasteiger partial charge in [-0.2, -0.15) is 0 Å². The first-order valence-electron chi connectivity index (χ1n) is 6.81. The molecule has 3 unspecified atom stereocenters. The van der Waals surface area contributed by atoms with Gasteiger partial charge in [-0.05, 0) is 45.4 Å². The van der Waals surface area contributed by atoms with Crippen molar-refractivity contribution in [3.8, 4) is 0 Å². The minimum absolute atomic E-state index is 0.0729. The Kier molecular flexibility index (Phi) is 3.16. The summed E-state index contributed by atoms with van der Waals surface area (Å²) in [5.74, 6) is -0.646. The zero-order valence-corrected chi connectivity index (χ0v) is 11.6. The average molecular weight is 253 g/mol. The number of hydrogen-bond acceptors (Lipinski definition) is 2. The van der Waals surface area contributed by atoms with E-state index in [-0.39, 0.29) is 23.4 Å². The average Bonchev–Trinajstić information content (AvgIpc) is 2.96. The van der Waals surface area contributed by atoms with E-state index in [1.54, 1.807) is 0 Å². The Balaban J connectivity index is 2.28. The van der Waals surface area contributed by atoms with E-state index in [4.69, 9.17) is 0 Å². The molecule has 0 spiro atoms. The number of carboxylic acids is 1. The Labute approximate surface area is 108 Å². The van der Waals surface area contributed by atoms with Crippen LogP contribution in [0.4, 0.5) is 0 Å². The monoisotopic (exact) mass is 253 g/mol. The lowest BCUT2D eigenvalue weighted by molar-refractivity contribution is -0.160. The van der Waals surface area contributed by atoms with Crippen LogP contribution >= 0.6 is 0 Å². The molecule has 1 saturated carbocycles. The molecule has 4 heteroatoms. The molecule has 102 valence electrons. The smallest absolute Gasteiger partial charge is 0.308 e. The first-order valence-corrected chi connectivity index (χ1v) is 6.81. The second kappa shape index (κ2) is 4.25. The number of rotatable bonds is 3. The van der Waals surface area contributed by atoms with Crippen LogP contribution < -0.4 is 0 Å². The van der Waals surface area contributed by atoms with E-state index in [2.05, 4.69) is 13.8 Å². The van der Waals surface area contributed by atoms with E-state index in [1.165, 1.54) is 0 Å². The summed E-state index contributed by atoms with van der Waals surface area (Å²) < 4.78 is 0. The molecule has 1 aliphatic heterocycles. The summed E-state index contributed by atoms with van der Waals surface area (Å²) in [5, 5.41) is 9.37. The van der Waals surface area contributed by atoms with Crippen LogP contribution in [0.15, 0.2) is 0 Å². The van der Waals surface area contributed by atoms with Gasteiger partial charge in [0.25, 0.3) is 0 Å². The number of carbonyl (C=O) groups is 2. The Morgan fingerprint density at radius 2 is 1.89 bits per heavy atom. The maximum absolute atomic E-state index is 12.3. The highest BCUT2D eigenvalue weighted by molar-refractivity contribution is 5.82. The molecule has 2 rings (SSSR count). The number of piperidine rings is 1. The Bertz CT molecular complexity index is 373. The van der Waals surface area contributed by atoms with Crippen LogP contribution in [0, 0.1) is 17.8 Å². The van der Waals surface area contributed by atoms with Crippen molar-refractivity contribution in [1.29, 1.82) is 0 Å². The van der Waals surface area contributed by atoms with Crippen molar-refractivity contribution in [2.75, 3.05) is 0 Å². The molecule has 1 saturated heterocycles. The molecule has 2 aliphatic rings. The predicted octanol–water partition coefficient (Wildman–Crippen LogP) is 2.13. The zero-order chi connectivity index (χ0) is 13.7. The van der Waals surface area contributed by atoms with Gasteiger partial charge < -0.3 is 10.0 Å². The van der Waals surface area contributed by atoms with Gasteiger partial charge in [0.15, 0.2) is 0 Å². The van der Waals surface area contributed by atoms with Gasteiger partial charge in [-0.15, -0.1) is 0 Å². The molecular weight excluding hydrogens is 230 g/mol. The normalized spacial score (nSPS) is 33.7. The van der Waals surface area contributed by atoms with Crippen LogP contribution in [0.2, 0.25) is 0 Å².